The Balaban J connectivity index is 1.82. The smallest absolute Gasteiger partial charge is 0.371 e. The molecule has 1 aromatic carbocycles. The van der Waals surface area contributed by atoms with E-state index in [0.717, 1.165) is 18.4 Å². The van der Waals surface area contributed by atoms with Gasteiger partial charge in [0.1, 0.15) is 0 Å². The Morgan fingerprint density at radius 2 is 1.91 bits per heavy atom. The van der Waals surface area contributed by atoms with Gasteiger partial charge in [0.05, 0.1) is 6.04 Å². The van der Waals surface area contributed by atoms with Crippen LogP contribution in [0.3, 0.4) is 0 Å². The minimum Gasteiger partial charge on any atom is -0.475 e. The van der Waals surface area contributed by atoms with Crippen LogP contribution in [0.1, 0.15) is 51.6 Å². The maximum atomic E-state index is 12.3. The summed E-state index contributed by atoms with van der Waals surface area (Å²) >= 11 is 0. The average molecular weight is 299 g/mol. The van der Waals surface area contributed by atoms with Gasteiger partial charge in [-0.1, -0.05) is 31.2 Å². The lowest BCUT2D eigenvalue weighted by Gasteiger charge is -2.31. The molecule has 114 valence electrons. The predicted octanol–water partition coefficient (Wildman–Crippen LogP) is 3.03. The second kappa shape index (κ2) is 5.67. The second-order valence-electron chi connectivity index (χ2n) is 5.63. The Morgan fingerprint density at radius 3 is 2.64 bits per heavy atom. The van der Waals surface area contributed by atoms with Crippen molar-refractivity contribution in [2.45, 2.75) is 25.8 Å². The Hall–Kier alpha value is -2.56. The number of carbonyl (C=O) groups is 2. The van der Waals surface area contributed by atoms with E-state index >= 15 is 0 Å². The van der Waals surface area contributed by atoms with Gasteiger partial charge in [-0.25, -0.2) is 4.79 Å². The van der Waals surface area contributed by atoms with Crippen molar-refractivity contribution in [1.29, 1.82) is 0 Å². The summed E-state index contributed by atoms with van der Waals surface area (Å²) in [5.74, 6) is -1.47. The van der Waals surface area contributed by atoms with Crippen LogP contribution in [0.25, 0.3) is 0 Å². The van der Waals surface area contributed by atoms with E-state index in [0.29, 0.717) is 5.92 Å². The SMILES string of the molecule is CC1CCc2ccccc2C1NC(=O)c1ccc(C(=O)O)o1. The Labute approximate surface area is 127 Å². The first-order valence-corrected chi connectivity index (χ1v) is 7.28. The number of aromatic carboxylic acids is 1. The van der Waals surface area contributed by atoms with Crippen molar-refractivity contribution in [2.75, 3.05) is 0 Å². The summed E-state index contributed by atoms with van der Waals surface area (Å²) in [5, 5.41) is 11.8. The molecule has 0 aliphatic heterocycles. The topological polar surface area (TPSA) is 79.5 Å². The first-order valence-electron chi connectivity index (χ1n) is 7.28. The molecule has 3 rings (SSSR count). The number of carbonyl (C=O) groups excluding carboxylic acids is 1. The predicted molar refractivity (Wildman–Crippen MR) is 79.8 cm³/mol. The zero-order valence-electron chi connectivity index (χ0n) is 12.2. The minimum absolute atomic E-state index is 0.0210. The van der Waals surface area contributed by atoms with Gasteiger partial charge in [-0.15, -0.1) is 0 Å². The number of amides is 1. The Morgan fingerprint density at radius 1 is 1.18 bits per heavy atom. The molecular formula is C17H17NO4. The van der Waals surface area contributed by atoms with Crippen molar-refractivity contribution in [3.63, 3.8) is 0 Å². The standard InChI is InChI=1S/C17H17NO4/c1-10-6-7-11-4-2-3-5-12(11)15(10)18-16(19)13-8-9-14(22-13)17(20)21/h2-5,8-10,15H,6-7H2,1H3,(H,18,19)(H,20,21). The van der Waals surface area contributed by atoms with Crippen LogP contribution < -0.4 is 5.32 Å². The van der Waals surface area contributed by atoms with Crippen molar-refractivity contribution in [1.82, 2.24) is 5.32 Å². The van der Waals surface area contributed by atoms with Gasteiger partial charge in [0.15, 0.2) is 5.76 Å². The molecule has 2 aromatic rings. The van der Waals surface area contributed by atoms with E-state index in [-0.39, 0.29) is 23.5 Å². The number of rotatable bonds is 3. The molecule has 0 saturated carbocycles. The largest absolute Gasteiger partial charge is 0.475 e. The van der Waals surface area contributed by atoms with Crippen molar-refractivity contribution in [2.24, 2.45) is 5.92 Å². The summed E-state index contributed by atoms with van der Waals surface area (Å²) in [5.41, 5.74) is 2.37. The maximum absolute atomic E-state index is 12.3. The van der Waals surface area contributed by atoms with Crippen molar-refractivity contribution >= 4 is 11.9 Å². The molecule has 22 heavy (non-hydrogen) atoms. The van der Waals surface area contributed by atoms with E-state index in [1.54, 1.807) is 0 Å². The zero-order valence-corrected chi connectivity index (χ0v) is 12.2. The Bertz CT molecular complexity index is 719. The van der Waals surface area contributed by atoms with E-state index in [1.807, 2.05) is 18.2 Å². The lowest BCUT2D eigenvalue weighted by Crippen LogP contribution is -2.35. The van der Waals surface area contributed by atoms with Crippen LogP contribution >= 0.6 is 0 Å². The van der Waals surface area contributed by atoms with E-state index in [1.165, 1.54) is 17.7 Å². The summed E-state index contributed by atoms with van der Waals surface area (Å²) in [4.78, 5) is 23.1. The summed E-state index contributed by atoms with van der Waals surface area (Å²) in [7, 11) is 0. The highest BCUT2D eigenvalue weighted by Crippen LogP contribution is 2.34. The molecule has 1 heterocycles. The molecule has 5 nitrogen and oxygen atoms in total. The number of carboxylic acid groups (broad SMARTS) is 1. The highest BCUT2D eigenvalue weighted by atomic mass is 16.4. The molecule has 0 spiro atoms. The molecule has 0 fully saturated rings. The quantitative estimate of drug-likeness (QED) is 0.913. The molecule has 0 saturated heterocycles. The lowest BCUT2D eigenvalue weighted by molar-refractivity contribution is 0.0659. The zero-order chi connectivity index (χ0) is 15.7. The Kier molecular flexibility index (Phi) is 3.71. The highest BCUT2D eigenvalue weighted by molar-refractivity contribution is 5.93. The number of furan rings is 1. The molecule has 2 N–H and O–H groups in total. The van der Waals surface area contributed by atoms with Crippen LogP contribution in [0.4, 0.5) is 0 Å². The van der Waals surface area contributed by atoms with Crippen LogP contribution in [-0.2, 0) is 6.42 Å². The number of aryl methyl sites for hydroxylation is 1. The maximum Gasteiger partial charge on any atom is 0.371 e. The molecule has 1 amide bonds. The number of carboxylic acids is 1. The van der Waals surface area contributed by atoms with Crippen molar-refractivity contribution in [3.8, 4) is 0 Å². The lowest BCUT2D eigenvalue weighted by atomic mass is 9.80. The van der Waals surface area contributed by atoms with E-state index in [2.05, 4.69) is 18.3 Å². The monoisotopic (exact) mass is 299 g/mol. The van der Waals surface area contributed by atoms with E-state index in [9.17, 15) is 9.59 Å². The number of fused-ring (bicyclic) bond motifs is 1. The molecule has 1 aliphatic carbocycles. The summed E-state index contributed by atoms with van der Waals surface area (Å²) < 4.78 is 5.06. The van der Waals surface area contributed by atoms with Gasteiger partial charge >= 0.3 is 5.97 Å². The van der Waals surface area contributed by atoms with Crippen LogP contribution in [0.5, 0.6) is 0 Å². The summed E-state index contributed by atoms with van der Waals surface area (Å²) in [6, 6.07) is 10.7. The summed E-state index contributed by atoms with van der Waals surface area (Å²) in [6.45, 7) is 2.10. The molecule has 1 aromatic heterocycles. The number of benzene rings is 1. The van der Waals surface area contributed by atoms with E-state index in [4.69, 9.17) is 9.52 Å². The van der Waals surface area contributed by atoms with Crippen LogP contribution in [0, 0.1) is 5.92 Å². The first-order chi connectivity index (χ1) is 10.6. The molecule has 0 bridgehead atoms. The van der Waals surface area contributed by atoms with Gasteiger partial charge in [-0.3, -0.25) is 4.79 Å². The van der Waals surface area contributed by atoms with Crippen molar-refractivity contribution < 1.29 is 19.1 Å². The molecule has 0 radical (unpaired) electrons. The second-order valence-corrected chi connectivity index (χ2v) is 5.63. The number of hydrogen-bond donors (Lipinski definition) is 2. The van der Waals surface area contributed by atoms with Gasteiger partial charge in [-0.2, -0.15) is 0 Å². The van der Waals surface area contributed by atoms with Crippen LogP contribution in [0.2, 0.25) is 0 Å². The van der Waals surface area contributed by atoms with Gasteiger partial charge < -0.3 is 14.8 Å². The normalized spacial score (nSPS) is 20.2. The first kappa shape index (κ1) is 14.4. The van der Waals surface area contributed by atoms with E-state index < -0.39 is 5.97 Å². The third-order valence-corrected chi connectivity index (χ3v) is 4.16. The molecule has 2 atom stereocenters. The van der Waals surface area contributed by atoms with Gasteiger partial charge in [0, 0.05) is 0 Å². The fourth-order valence-electron chi connectivity index (χ4n) is 2.93. The van der Waals surface area contributed by atoms with Gasteiger partial charge in [0.25, 0.3) is 5.91 Å². The average Bonchev–Trinajstić information content (AvgIpc) is 3.00. The third-order valence-electron chi connectivity index (χ3n) is 4.16. The number of hydrogen-bond acceptors (Lipinski definition) is 3. The fraction of sp³-hybridized carbons (Fsp3) is 0.294. The van der Waals surface area contributed by atoms with Gasteiger partial charge in [-0.05, 0) is 42.0 Å². The number of nitrogens with one attached hydrogen (secondary N) is 1. The van der Waals surface area contributed by atoms with Crippen LogP contribution in [0.15, 0.2) is 40.8 Å². The third kappa shape index (κ3) is 2.62. The minimum atomic E-state index is -1.18. The summed E-state index contributed by atoms with van der Waals surface area (Å²) in [6.07, 6.45) is 2.01. The molecule has 2 unspecified atom stereocenters. The highest BCUT2D eigenvalue weighted by Gasteiger charge is 2.28. The van der Waals surface area contributed by atoms with Crippen LogP contribution in [-0.4, -0.2) is 17.0 Å². The van der Waals surface area contributed by atoms with Gasteiger partial charge in [0.2, 0.25) is 5.76 Å². The molecule has 1 aliphatic rings. The van der Waals surface area contributed by atoms with Crippen molar-refractivity contribution in [3.05, 3.63) is 59.0 Å². The fourth-order valence-corrected chi connectivity index (χ4v) is 2.93. The molecular weight excluding hydrogens is 282 g/mol. The molecule has 5 heteroatoms.